The van der Waals surface area contributed by atoms with Crippen molar-refractivity contribution in [3.63, 3.8) is 0 Å². The fraction of sp³-hybridized carbons (Fsp3) is 0.625. The maximum Gasteiger partial charge on any atom is 0.119 e. The molecule has 2 rings (SSSR count). The zero-order valence-corrected chi connectivity index (χ0v) is 11.6. The molecule has 0 heterocycles. The van der Waals surface area contributed by atoms with E-state index in [0.717, 1.165) is 24.8 Å². The molecule has 0 radical (unpaired) electrons. The summed E-state index contributed by atoms with van der Waals surface area (Å²) in [7, 11) is 0. The Morgan fingerprint density at radius 2 is 1.89 bits per heavy atom. The Hall–Kier alpha value is -1.02. The molecule has 1 atom stereocenters. The number of aryl methyl sites for hydroxylation is 1. The Morgan fingerprint density at radius 3 is 2.50 bits per heavy atom. The summed E-state index contributed by atoms with van der Waals surface area (Å²) < 4.78 is 5.93. The first-order valence-corrected chi connectivity index (χ1v) is 7.22. The summed E-state index contributed by atoms with van der Waals surface area (Å²) in [5, 5.41) is 3.58. The molecule has 1 aliphatic rings. The van der Waals surface area contributed by atoms with E-state index in [1.165, 1.54) is 31.2 Å². The molecule has 18 heavy (non-hydrogen) atoms. The van der Waals surface area contributed by atoms with Crippen LogP contribution < -0.4 is 10.1 Å². The highest BCUT2D eigenvalue weighted by Gasteiger charge is 2.24. The highest BCUT2D eigenvalue weighted by molar-refractivity contribution is 5.26. The second kappa shape index (κ2) is 6.79. The minimum Gasteiger partial charge on any atom is -0.492 e. The molecule has 0 aliphatic heterocycles. The maximum atomic E-state index is 5.93. The first-order chi connectivity index (χ1) is 8.79. The van der Waals surface area contributed by atoms with Crippen molar-refractivity contribution in [1.29, 1.82) is 0 Å². The lowest BCUT2D eigenvalue weighted by atomic mass is 9.99. The predicted octanol–water partition coefficient (Wildman–Crippen LogP) is 3.54. The smallest absolute Gasteiger partial charge is 0.119 e. The van der Waals surface area contributed by atoms with Gasteiger partial charge in [0.15, 0.2) is 0 Å². The summed E-state index contributed by atoms with van der Waals surface area (Å²) in [6.45, 7) is 6.09. The molecule has 1 aliphatic carbocycles. The van der Waals surface area contributed by atoms with Gasteiger partial charge in [0.2, 0.25) is 0 Å². The van der Waals surface area contributed by atoms with Crippen LogP contribution in [0.5, 0.6) is 5.75 Å². The molecular formula is C16H25NO. The average Bonchev–Trinajstić information content (AvgIpc) is 2.90. The third-order valence-electron chi connectivity index (χ3n) is 3.89. The lowest BCUT2D eigenvalue weighted by Crippen LogP contribution is -2.40. The number of hydrogen-bond acceptors (Lipinski definition) is 2. The van der Waals surface area contributed by atoms with Crippen LogP contribution in [-0.2, 0) is 0 Å². The van der Waals surface area contributed by atoms with Gasteiger partial charge in [0.05, 0.1) is 0 Å². The molecule has 100 valence electrons. The van der Waals surface area contributed by atoms with Crippen molar-refractivity contribution in [2.24, 2.45) is 5.92 Å². The van der Waals surface area contributed by atoms with Gasteiger partial charge in [-0.3, -0.25) is 0 Å². The van der Waals surface area contributed by atoms with E-state index in [-0.39, 0.29) is 0 Å². The van der Waals surface area contributed by atoms with Crippen LogP contribution in [0.25, 0.3) is 0 Å². The van der Waals surface area contributed by atoms with Gasteiger partial charge in [-0.1, -0.05) is 37.5 Å². The van der Waals surface area contributed by atoms with Crippen molar-refractivity contribution in [1.82, 2.24) is 5.32 Å². The van der Waals surface area contributed by atoms with E-state index >= 15 is 0 Å². The van der Waals surface area contributed by atoms with Crippen LogP contribution in [0.2, 0.25) is 0 Å². The van der Waals surface area contributed by atoms with Crippen molar-refractivity contribution >= 4 is 0 Å². The number of likely N-dealkylation sites (N-methyl/N-ethyl adjacent to an activating group) is 1. The van der Waals surface area contributed by atoms with Gasteiger partial charge in [-0.25, -0.2) is 0 Å². The van der Waals surface area contributed by atoms with Crippen LogP contribution in [0.1, 0.15) is 38.2 Å². The SMILES string of the molecule is CCNC(COc1ccc(C)cc1)C1CCCC1. The van der Waals surface area contributed by atoms with Crippen LogP contribution in [0.3, 0.4) is 0 Å². The Bertz CT molecular complexity index is 341. The van der Waals surface area contributed by atoms with Crippen molar-refractivity contribution in [3.05, 3.63) is 29.8 Å². The lowest BCUT2D eigenvalue weighted by molar-refractivity contribution is 0.219. The van der Waals surface area contributed by atoms with Crippen LogP contribution in [0.4, 0.5) is 0 Å². The van der Waals surface area contributed by atoms with Gasteiger partial charge < -0.3 is 10.1 Å². The molecule has 0 amide bonds. The Balaban J connectivity index is 1.86. The first kappa shape index (κ1) is 13.4. The molecule has 1 unspecified atom stereocenters. The average molecular weight is 247 g/mol. The largest absolute Gasteiger partial charge is 0.492 e. The molecule has 1 aromatic rings. The molecule has 0 saturated heterocycles. The normalized spacial score (nSPS) is 17.9. The van der Waals surface area contributed by atoms with Gasteiger partial charge >= 0.3 is 0 Å². The number of hydrogen-bond donors (Lipinski definition) is 1. The molecule has 0 spiro atoms. The van der Waals surface area contributed by atoms with E-state index in [4.69, 9.17) is 4.74 Å². The third-order valence-corrected chi connectivity index (χ3v) is 3.89. The van der Waals surface area contributed by atoms with Gasteiger partial charge in [0.25, 0.3) is 0 Å². The van der Waals surface area contributed by atoms with Gasteiger partial charge in [0, 0.05) is 6.04 Å². The lowest BCUT2D eigenvalue weighted by Gasteiger charge is -2.24. The quantitative estimate of drug-likeness (QED) is 0.830. The summed E-state index contributed by atoms with van der Waals surface area (Å²) >= 11 is 0. The van der Waals surface area contributed by atoms with Crippen LogP contribution in [-0.4, -0.2) is 19.2 Å². The minimum atomic E-state index is 0.513. The van der Waals surface area contributed by atoms with Crippen molar-refractivity contribution in [2.45, 2.75) is 45.6 Å². The van der Waals surface area contributed by atoms with Crippen molar-refractivity contribution in [2.75, 3.05) is 13.2 Å². The van der Waals surface area contributed by atoms with Crippen molar-refractivity contribution < 1.29 is 4.74 Å². The van der Waals surface area contributed by atoms with Gasteiger partial charge in [-0.2, -0.15) is 0 Å². The van der Waals surface area contributed by atoms with Gasteiger partial charge in [0.1, 0.15) is 12.4 Å². The highest BCUT2D eigenvalue weighted by atomic mass is 16.5. The van der Waals surface area contributed by atoms with Crippen molar-refractivity contribution in [3.8, 4) is 5.75 Å². The molecule has 2 nitrogen and oxygen atoms in total. The minimum absolute atomic E-state index is 0.513. The second-order valence-electron chi connectivity index (χ2n) is 5.33. The summed E-state index contributed by atoms with van der Waals surface area (Å²) in [6, 6.07) is 8.85. The highest BCUT2D eigenvalue weighted by Crippen LogP contribution is 2.28. The van der Waals surface area contributed by atoms with E-state index in [0.29, 0.717) is 6.04 Å². The van der Waals surface area contributed by atoms with E-state index < -0.39 is 0 Å². The molecule has 1 fully saturated rings. The second-order valence-corrected chi connectivity index (χ2v) is 5.33. The zero-order chi connectivity index (χ0) is 12.8. The van der Waals surface area contributed by atoms with Crippen LogP contribution in [0, 0.1) is 12.8 Å². The molecular weight excluding hydrogens is 222 g/mol. The number of nitrogens with one attached hydrogen (secondary N) is 1. The van der Waals surface area contributed by atoms with Gasteiger partial charge in [-0.15, -0.1) is 0 Å². The molecule has 0 bridgehead atoms. The Labute approximate surface area is 111 Å². The van der Waals surface area contributed by atoms with Crippen LogP contribution >= 0.6 is 0 Å². The van der Waals surface area contributed by atoms with Gasteiger partial charge in [-0.05, 0) is 44.4 Å². The summed E-state index contributed by atoms with van der Waals surface area (Å²) in [5.41, 5.74) is 1.28. The van der Waals surface area contributed by atoms with E-state index in [9.17, 15) is 0 Å². The summed E-state index contributed by atoms with van der Waals surface area (Å²) in [6.07, 6.45) is 5.48. The zero-order valence-electron chi connectivity index (χ0n) is 11.6. The topological polar surface area (TPSA) is 21.3 Å². The fourth-order valence-corrected chi connectivity index (χ4v) is 2.80. The van der Waals surface area contributed by atoms with Crippen LogP contribution in [0.15, 0.2) is 24.3 Å². The molecule has 2 heteroatoms. The summed E-state index contributed by atoms with van der Waals surface area (Å²) in [4.78, 5) is 0. The predicted molar refractivity (Wildman–Crippen MR) is 76.1 cm³/mol. The van der Waals surface area contributed by atoms with E-state index in [1.54, 1.807) is 0 Å². The molecule has 1 N–H and O–H groups in total. The van der Waals surface area contributed by atoms with E-state index in [1.807, 2.05) is 0 Å². The number of rotatable bonds is 6. The fourth-order valence-electron chi connectivity index (χ4n) is 2.80. The standard InChI is InChI=1S/C16H25NO/c1-3-17-16(14-6-4-5-7-14)12-18-15-10-8-13(2)9-11-15/h8-11,14,16-17H,3-7,12H2,1-2H3. The number of ether oxygens (including phenoxy) is 1. The third kappa shape index (κ3) is 3.74. The monoisotopic (exact) mass is 247 g/mol. The molecule has 1 aromatic carbocycles. The van der Waals surface area contributed by atoms with E-state index in [2.05, 4.69) is 43.4 Å². The Kier molecular flexibility index (Phi) is 5.06. The molecule has 0 aromatic heterocycles. The molecule has 1 saturated carbocycles. The maximum absolute atomic E-state index is 5.93. The Morgan fingerprint density at radius 1 is 1.22 bits per heavy atom. The first-order valence-electron chi connectivity index (χ1n) is 7.22. The summed E-state index contributed by atoms with van der Waals surface area (Å²) in [5.74, 6) is 1.79. The number of benzene rings is 1.